The predicted molar refractivity (Wildman–Crippen MR) is 142 cm³/mol. The van der Waals surface area contributed by atoms with Crippen molar-refractivity contribution in [2.75, 3.05) is 24.4 Å². The molecule has 0 radical (unpaired) electrons. The number of aliphatic hydroxyl groups excluding tert-OH is 1. The molecule has 1 heterocycles. The average molecular weight is 541 g/mol. The monoisotopic (exact) mass is 540 g/mol. The van der Waals surface area contributed by atoms with E-state index >= 15 is 0 Å². The fraction of sp³-hybridized carbons (Fsp3) is 0.321. The highest BCUT2D eigenvalue weighted by Crippen LogP contribution is 2.28. The van der Waals surface area contributed by atoms with Gasteiger partial charge in [0, 0.05) is 19.0 Å². The Kier molecular flexibility index (Phi) is 9.98. The quantitative estimate of drug-likeness (QED) is 0.271. The van der Waals surface area contributed by atoms with Crippen molar-refractivity contribution >= 4 is 27.5 Å². The van der Waals surface area contributed by atoms with Crippen LogP contribution >= 0.6 is 0 Å². The molecule has 9 nitrogen and oxygen atoms in total. The van der Waals surface area contributed by atoms with Crippen LogP contribution in [0.5, 0.6) is 0 Å². The van der Waals surface area contributed by atoms with Gasteiger partial charge < -0.3 is 19.5 Å². The predicted octanol–water partition coefficient (Wildman–Crippen LogP) is 3.53. The van der Waals surface area contributed by atoms with E-state index in [2.05, 4.69) is 4.98 Å². The van der Waals surface area contributed by atoms with Crippen LogP contribution < -0.4 is 4.90 Å². The Hall–Kier alpha value is -3.76. The van der Waals surface area contributed by atoms with Gasteiger partial charge in [0.05, 0.1) is 30.2 Å². The molecule has 0 amide bonds. The summed E-state index contributed by atoms with van der Waals surface area (Å²) in [6, 6.07) is 17.6. The minimum Gasteiger partial charge on any atom is -0.466 e. The first-order chi connectivity index (χ1) is 18.1. The molecule has 1 atom stereocenters. The van der Waals surface area contributed by atoms with Crippen LogP contribution in [0.3, 0.4) is 0 Å². The number of pyridine rings is 1. The third-order valence-electron chi connectivity index (χ3n) is 5.67. The first kappa shape index (κ1) is 28.8. The summed E-state index contributed by atoms with van der Waals surface area (Å²) < 4.78 is 34.0. The van der Waals surface area contributed by atoms with E-state index in [1.165, 1.54) is 17.0 Å². The third kappa shape index (κ3) is 7.87. The van der Waals surface area contributed by atoms with Crippen LogP contribution in [0, 0.1) is 0 Å². The van der Waals surface area contributed by atoms with E-state index in [1.807, 2.05) is 30.3 Å². The maximum absolute atomic E-state index is 12.8. The standard InChI is InChI=1S/C28H32N2O7S/c1-4-36-26(32)17-25(31)30(19-21-11-13-23(14-12-21)38(3,34)35)24-16-22(15-20-9-7-6-8-10-20)18-29-27(24)28(33)37-5-2/h6-14,16,18,25,31H,4-5,15,17,19H2,1-3H3. The molecule has 0 aliphatic carbocycles. The van der Waals surface area contributed by atoms with Gasteiger partial charge in [0.2, 0.25) is 0 Å². The van der Waals surface area contributed by atoms with Crippen LogP contribution in [0.25, 0.3) is 0 Å². The number of nitrogens with zero attached hydrogens (tertiary/aromatic N) is 2. The lowest BCUT2D eigenvalue weighted by Crippen LogP contribution is -2.38. The second-order valence-corrected chi connectivity index (χ2v) is 10.6. The average Bonchev–Trinajstić information content (AvgIpc) is 2.88. The number of carbonyl (C=O) groups excluding carboxylic acids is 2. The van der Waals surface area contributed by atoms with Crippen LogP contribution in [-0.4, -0.2) is 56.1 Å². The molecule has 0 bridgehead atoms. The molecule has 1 aromatic heterocycles. The molecule has 0 fully saturated rings. The Morgan fingerprint density at radius 3 is 2.21 bits per heavy atom. The van der Waals surface area contributed by atoms with Gasteiger partial charge in [-0.1, -0.05) is 42.5 Å². The second kappa shape index (κ2) is 13.2. The first-order valence-corrected chi connectivity index (χ1v) is 14.1. The number of carbonyl (C=O) groups is 2. The molecular weight excluding hydrogens is 508 g/mol. The smallest absolute Gasteiger partial charge is 0.359 e. The Bertz CT molecular complexity index is 1340. The summed E-state index contributed by atoms with van der Waals surface area (Å²) in [7, 11) is -3.39. The number of ether oxygens (including phenoxy) is 2. The van der Waals surface area contributed by atoms with Gasteiger partial charge in [0.15, 0.2) is 15.5 Å². The molecule has 0 aliphatic rings. The molecule has 1 N–H and O–H groups in total. The summed E-state index contributed by atoms with van der Waals surface area (Å²) in [5.41, 5.74) is 2.71. The molecule has 0 saturated carbocycles. The Morgan fingerprint density at radius 1 is 0.947 bits per heavy atom. The van der Waals surface area contributed by atoms with E-state index in [0.717, 1.165) is 17.4 Å². The van der Waals surface area contributed by atoms with Gasteiger partial charge in [-0.05, 0) is 55.2 Å². The number of benzene rings is 2. The van der Waals surface area contributed by atoms with Crippen molar-refractivity contribution in [2.45, 2.75) is 44.4 Å². The summed E-state index contributed by atoms with van der Waals surface area (Å²) in [6.07, 6.45) is 1.49. The lowest BCUT2D eigenvalue weighted by atomic mass is 10.0. The molecule has 3 rings (SSSR count). The van der Waals surface area contributed by atoms with Crippen molar-refractivity contribution in [1.82, 2.24) is 4.98 Å². The number of hydrogen-bond donors (Lipinski definition) is 1. The zero-order chi connectivity index (χ0) is 27.7. The molecule has 0 spiro atoms. The number of aliphatic hydroxyl groups is 1. The molecule has 3 aromatic rings. The number of esters is 2. The largest absolute Gasteiger partial charge is 0.466 e. The van der Waals surface area contributed by atoms with Crippen LogP contribution in [-0.2, 0) is 37.1 Å². The highest BCUT2D eigenvalue weighted by atomic mass is 32.2. The summed E-state index contributed by atoms with van der Waals surface area (Å²) >= 11 is 0. The minimum atomic E-state index is -3.39. The molecule has 0 aliphatic heterocycles. The van der Waals surface area contributed by atoms with Gasteiger partial charge in [-0.3, -0.25) is 4.79 Å². The second-order valence-electron chi connectivity index (χ2n) is 8.63. The fourth-order valence-corrected chi connectivity index (χ4v) is 4.50. The highest BCUT2D eigenvalue weighted by molar-refractivity contribution is 7.90. The molecule has 1 unspecified atom stereocenters. The molecule has 38 heavy (non-hydrogen) atoms. The molecule has 2 aromatic carbocycles. The Balaban J connectivity index is 2.07. The lowest BCUT2D eigenvalue weighted by molar-refractivity contribution is -0.145. The fourth-order valence-electron chi connectivity index (χ4n) is 3.87. The zero-order valence-corrected chi connectivity index (χ0v) is 22.5. The van der Waals surface area contributed by atoms with E-state index in [9.17, 15) is 23.1 Å². The van der Waals surface area contributed by atoms with Crippen LogP contribution in [0.1, 0.15) is 47.4 Å². The summed E-state index contributed by atoms with van der Waals surface area (Å²) in [4.78, 5) is 31.1. The van der Waals surface area contributed by atoms with Crippen LogP contribution in [0.15, 0.2) is 71.8 Å². The van der Waals surface area contributed by atoms with E-state index in [0.29, 0.717) is 12.0 Å². The minimum absolute atomic E-state index is 0.0145. The van der Waals surface area contributed by atoms with Gasteiger partial charge in [-0.2, -0.15) is 0 Å². The number of sulfone groups is 1. The number of aromatic nitrogens is 1. The van der Waals surface area contributed by atoms with E-state index in [-0.39, 0.29) is 42.5 Å². The summed E-state index contributed by atoms with van der Waals surface area (Å²) in [5, 5.41) is 11.2. The SMILES string of the molecule is CCOC(=O)CC(O)N(Cc1ccc(S(C)(=O)=O)cc1)c1cc(Cc2ccccc2)cnc1C(=O)OCC. The Morgan fingerprint density at radius 2 is 1.61 bits per heavy atom. The zero-order valence-electron chi connectivity index (χ0n) is 21.7. The van der Waals surface area contributed by atoms with Crippen LogP contribution in [0.4, 0.5) is 5.69 Å². The summed E-state index contributed by atoms with van der Waals surface area (Å²) in [5.74, 6) is -1.28. The van der Waals surface area contributed by atoms with Gasteiger partial charge in [0.25, 0.3) is 0 Å². The first-order valence-electron chi connectivity index (χ1n) is 12.2. The highest BCUT2D eigenvalue weighted by Gasteiger charge is 2.27. The normalized spacial score (nSPS) is 12.0. The van der Waals surface area contributed by atoms with E-state index in [4.69, 9.17) is 9.47 Å². The van der Waals surface area contributed by atoms with E-state index in [1.54, 1.807) is 38.2 Å². The number of anilines is 1. The number of hydrogen-bond acceptors (Lipinski definition) is 9. The topological polar surface area (TPSA) is 123 Å². The van der Waals surface area contributed by atoms with Crippen molar-refractivity contribution in [2.24, 2.45) is 0 Å². The van der Waals surface area contributed by atoms with Crippen molar-refractivity contribution in [3.8, 4) is 0 Å². The molecule has 0 saturated heterocycles. The molecule has 10 heteroatoms. The Labute approximate surface area is 223 Å². The van der Waals surface area contributed by atoms with Gasteiger partial charge in [-0.15, -0.1) is 0 Å². The maximum Gasteiger partial charge on any atom is 0.359 e. The molecule has 202 valence electrons. The van der Waals surface area contributed by atoms with Crippen LogP contribution in [0.2, 0.25) is 0 Å². The maximum atomic E-state index is 12.8. The lowest BCUT2D eigenvalue weighted by Gasteiger charge is -2.31. The van der Waals surface area contributed by atoms with Gasteiger partial charge in [0.1, 0.15) is 6.23 Å². The number of rotatable bonds is 12. The van der Waals surface area contributed by atoms with Crippen molar-refractivity contribution in [1.29, 1.82) is 0 Å². The molecular formula is C28H32N2O7S. The van der Waals surface area contributed by atoms with E-state index < -0.39 is 28.0 Å². The van der Waals surface area contributed by atoms with Crippen molar-refractivity contribution in [3.05, 3.63) is 89.2 Å². The van der Waals surface area contributed by atoms with Gasteiger partial charge >= 0.3 is 11.9 Å². The summed E-state index contributed by atoms with van der Waals surface area (Å²) in [6.45, 7) is 3.68. The third-order valence-corrected chi connectivity index (χ3v) is 6.80. The van der Waals surface area contributed by atoms with Gasteiger partial charge in [-0.25, -0.2) is 18.2 Å². The van der Waals surface area contributed by atoms with Crippen molar-refractivity contribution < 1.29 is 32.6 Å². The van der Waals surface area contributed by atoms with Crippen molar-refractivity contribution in [3.63, 3.8) is 0 Å².